The third-order valence-corrected chi connectivity index (χ3v) is 10.5. The van der Waals surface area contributed by atoms with Gasteiger partial charge in [-0.25, -0.2) is 9.78 Å². The number of nitrogens with two attached hydrogens (primary N) is 1. The van der Waals surface area contributed by atoms with Gasteiger partial charge in [0.05, 0.1) is 18.8 Å². The van der Waals surface area contributed by atoms with Crippen LogP contribution in [0.1, 0.15) is 72.8 Å². The Morgan fingerprint density at radius 3 is 2.26 bits per heavy atom. The molecule has 54 heavy (non-hydrogen) atoms. The zero-order chi connectivity index (χ0) is 39.0. The smallest absolute Gasteiger partial charge is 0.404 e. The predicted octanol–water partition coefficient (Wildman–Crippen LogP) is 3.08. The molecule has 14 nitrogen and oxygen atoms in total. The van der Waals surface area contributed by atoms with Crippen molar-refractivity contribution >= 4 is 46.8 Å². The number of epoxide rings is 1. The van der Waals surface area contributed by atoms with Crippen molar-refractivity contribution in [3.63, 3.8) is 0 Å². The van der Waals surface area contributed by atoms with Crippen LogP contribution in [0.2, 0.25) is 0 Å². The lowest BCUT2D eigenvalue weighted by atomic mass is 9.92. The van der Waals surface area contributed by atoms with Gasteiger partial charge in [0.2, 0.25) is 17.7 Å². The Morgan fingerprint density at radius 1 is 1.00 bits per heavy atom. The van der Waals surface area contributed by atoms with Gasteiger partial charge in [-0.1, -0.05) is 74.5 Å². The van der Waals surface area contributed by atoms with E-state index < -0.39 is 65.5 Å². The number of carbonyl (C=O) groups excluding carboxylic acids is 6. The van der Waals surface area contributed by atoms with E-state index in [1.807, 2.05) is 81.4 Å². The number of nitrogens with one attached hydrogen (secondary N) is 3. The van der Waals surface area contributed by atoms with Gasteiger partial charge in [0.15, 0.2) is 5.78 Å². The van der Waals surface area contributed by atoms with Crippen molar-refractivity contribution in [1.82, 2.24) is 25.8 Å². The highest BCUT2D eigenvalue weighted by molar-refractivity contribution is 7.13. The van der Waals surface area contributed by atoms with Crippen LogP contribution in [-0.4, -0.2) is 87.8 Å². The Morgan fingerprint density at radius 2 is 1.65 bits per heavy atom. The van der Waals surface area contributed by atoms with Crippen molar-refractivity contribution in [3.05, 3.63) is 87.9 Å². The van der Waals surface area contributed by atoms with Gasteiger partial charge in [0.1, 0.15) is 40.2 Å². The van der Waals surface area contributed by atoms with E-state index in [2.05, 4.69) is 20.9 Å². The number of ketones is 1. The molecule has 0 aliphatic carbocycles. The first-order valence-corrected chi connectivity index (χ1v) is 18.9. The fourth-order valence-electron chi connectivity index (χ4n) is 6.62. The Kier molecular flexibility index (Phi) is 13.2. The maximum absolute atomic E-state index is 14.2. The number of thiazole rings is 1. The van der Waals surface area contributed by atoms with Crippen LogP contribution in [0.25, 0.3) is 0 Å². The van der Waals surface area contributed by atoms with E-state index in [1.165, 1.54) is 11.1 Å². The minimum absolute atomic E-state index is 0.102. The fourth-order valence-corrected chi connectivity index (χ4v) is 7.35. The van der Waals surface area contributed by atoms with Crippen molar-refractivity contribution in [3.8, 4) is 0 Å². The van der Waals surface area contributed by atoms with Gasteiger partial charge in [-0.15, -0.1) is 11.3 Å². The number of likely N-dealkylation sites (tertiary alicyclic amines) is 1. The van der Waals surface area contributed by atoms with Gasteiger partial charge in [-0.2, -0.15) is 0 Å². The number of amides is 5. The molecule has 15 heteroatoms. The van der Waals surface area contributed by atoms with Crippen LogP contribution >= 0.6 is 11.3 Å². The third kappa shape index (κ3) is 10.5. The predicted molar refractivity (Wildman–Crippen MR) is 200 cm³/mol. The second-order valence-electron chi connectivity index (χ2n) is 14.4. The summed E-state index contributed by atoms with van der Waals surface area (Å²) in [5, 5.41) is 8.95. The first-order chi connectivity index (χ1) is 25.7. The minimum atomic E-state index is -1.03. The molecule has 0 bridgehead atoms. The molecule has 2 aliphatic rings. The molecule has 3 aromatic rings. The van der Waals surface area contributed by atoms with Crippen LogP contribution < -0.4 is 21.7 Å². The molecule has 0 radical (unpaired) electrons. The first kappa shape index (κ1) is 40.0. The monoisotopic (exact) mass is 760 g/mol. The molecule has 2 saturated heterocycles. The standard InChI is InChI=1S/C39H48N6O8S/c1-23(2)17-28(33(46)39(4)22-53-39)43-35(48)30(19-26-13-9-6-10-14-26)45-24(3)18-29(37(45)50)44-34(47)27(16-15-25-11-7-5-8-12-25)42-36(49)31-20-41-32(54-31)21-52-38(40)51/h5-14,20,23-24,27-30H,15-19,21-22H2,1-4H3,(H2,40,51)(H,42,49)(H,43,48)(H,44,47)/t24?,27-,28-,29-,30-,39?/m0/s1. The fraction of sp³-hybridized carbons (Fsp3) is 0.462. The number of hydrogen-bond acceptors (Lipinski definition) is 10. The van der Waals surface area contributed by atoms with E-state index in [1.54, 1.807) is 6.92 Å². The molecule has 2 unspecified atom stereocenters. The number of nitrogens with zero attached hydrogens (tertiary/aromatic N) is 2. The molecule has 5 amide bonds. The zero-order valence-corrected chi connectivity index (χ0v) is 31.7. The summed E-state index contributed by atoms with van der Waals surface area (Å²) in [6.07, 6.45) is 1.85. The highest BCUT2D eigenvalue weighted by atomic mass is 32.1. The Balaban J connectivity index is 1.33. The van der Waals surface area contributed by atoms with Crippen molar-refractivity contribution in [1.29, 1.82) is 0 Å². The van der Waals surface area contributed by atoms with Crippen molar-refractivity contribution in [2.75, 3.05) is 6.61 Å². The maximum Gasteiger partial charge on any atom is 0.404 e. The summed E-state index contributed by atoms with van der Waals surface area (Å²) in [7, 11) is 0. The largest absolute Gasteiger partial charge is 0.442 e. The highest BCUT2D eigenvalue weighted by Crippen LogP contribution is 2.30. The number of ether oxygens (including phenoxy) is 2. The first-order valence-electron chi connectivity index (χ1n) is 18.1. The lowest BCUT2D eigenvalue weighted by Gasteiger charge is -2.33. The molecule has 0 spiro atoms. The summed E-state index contributed by atoms with van der Waals surface area (Å²) < 4.78 is 10.2. The molecular weight excluding hydrogens is 713 g/mol. The lowest BCUT2D eigenvalue weighted by molar-refractivity contribution is -0.142. The van der Waals surface area contributed by atoms with Crippen molar-refractivity contribution in [2.24, 2.45) is 11.7 Å². The van der Waals surface area contributed by atoms with Crippen LogP contribution in [0.3, 0.4) is 0 Å². The summed E-state index contributed by atoms with van der Waals surface area (Å²) in [6, 6.07) is 14.6. The number of hydrogen-bond donors (Lipinski definition) is 4. The minimum Gasteiger partial charge on any atom is -0.442 e. The van der Waals surface area contributed by atoms with Crippen LogP contribution in [0.4, 0.5) is 4.79 Å². The summed E-state index contributed by atoms with van der Waals surface area (Å²) in [5.74, 6) is -2.12. The molecule has 2 fully saturated rings. The molecule has 288 valence electrons. The molecule has 2 aliphatic heterocycles. The van der Waals surface area contributed by atoms with Crippen LogP contribution in [0, 0.1) is 5.92 Å². The van der Waals surface area contributed by atoms with E-state index in [4.69, 9.17) is 15.2 Å². The Labute approximate surface area is 318 Å². The maximum atomic E-state index is 14.2. The van der Waals surface area contributed by atoms with Gasteiger partial charge in [-0.05, 0) is 56.6 Å². The molecule has 6 atom stereocenters. The van der Waals surface area contributed by atoms with E-state index in [-0.39, 0.29) is 49.1 Å². The molecule has 3 heterocycles. The van der Waals surface area contributed by atoms with Crippen molar-refractivity contribution in [2.45, 2.75) is 102 Å². The van der Waals surface area contributed by atoms with Crippen LogP contribution in [-0.2, 0) is 48.1 Å². The number of rotatable bonds is 18. The summed E-state index contributed by atoms with van der Waals surface area (Å²) >= 11 is 0.991. The molecule has 5 rings (SSSR count). The number of Topliss-reactive ketones (excluding diaryl/α,β-unsaturated/α-hetero) is 1. The van der Waals surface area contributed by atoms with Gasteiger partial charge >= 0.3 is 6.09 Å². The number of aryl methyl sites for hydroxylation is 1. The number of aromatic nitrogens is 1. The molecular formula is C39H48N6O8S. The SMILES string of the molecule is CC(C)C[C@H](NC(=O)[C@H](Cc1ccccc1)N1C(=O)[C@@H](NC(=O)[C@H](CCc2ccccc2)NC(=O)c2cnc(COC(N)=O)s2)CC1C)C(=O)C1(C)CO1. The van der Waals surface area contributed by atoms with E-state index in [0.717, 1.165) is 22.5 Å². The molecule has 1 aromatic heterocycles. The number of carbonyl (C=O) groups is 6. The molecule has 5 N–H and O–H groups in total. The molecule has 0 saturated carbocycles. The van der Waals surface area contributed by atoms with E-state index in [0.29, 0.717) is 17.8 Å². The van der Waals surface area contributed by atoms with Crippen LogP contribution in [0.15, 0.2) is 66.9 Å². The van der Waals surface area contributed by atoms with Gasteiger partial charge in [-0.3, -0.25) is 24.0 Å². The summed E-state index contributed by atoms with van der Waals surface area (Å²) in [4.78, 5) is 85.9. The zero-order valence-electron chi connectivity index (χ0n) is 30.9. The Bertz CT molecular complexity index is 1820. The normalized spacial score (nSPS) is 20.8. The Hall–Kier alpha value is -5.15. The quantitative estimate of drug-likeness (QED) is 0.141. The second kappa shape index (κ2) is 17.8. The van der Waals surface area contributed by atoms with Crippen molar-refractivity contribution < 1.29 is 38.2 Å². The number of benzene rings is 2. The van der Waals surface area contributed by atoms with Gasteiger partial charge < -0.3 is 36.1 Å². The highest BCUT2D eigenvalue weighted by Gasteiger charge is 2.51. The van der Waals surface area contributed by atoms with Gasteiger partial charge in [0, 0.05) is 12.5 Å². The van der Waals surface area contributed by atoms with E-state index in [9.17, 15) is 28.8 Å². The lowest BCUT2D eigenvalue weighted by Crippen LogP contribution is -2.57. The summed E-state index contributed by atoms with van der Waals surface area (Å²) in [6.45, 7) is 7.56. The topological polar surface area (TPSA) is 202 Å². The average molecular weight is 761 g/mol. The van der Waals surface area contributed by atoms with E-state index >= 15 is 0 Å². The van der Waals surface area contributed by atoms with Crippen LogP contribution in [0.5, 0.6) is 0 Å². The number of primary amides is 1. The summed E-state index contributed by atoms with van der Waals surface area (Å²) in [5.41, 5.74) is 5.87. The third-order valence-electron chi connectivity index (χ3n) is 9.57. The molecule has 2 aromatic carbocycles. The second-order valence-corrected chi connectivity index (χ2v) is 15.6. The average Bonchev–Trinajstić information content (AvgIpc) is 3.60. The van der Waals surface area contributed by atoms with Gasteiger partial charge in [0.25, 0.3) is 5.91 Å².